The number of aromatic nitrogens is 1. The Balaban J connectivity index is 1.88. The van der Waals surface area contributed by atoms with Crippen molar-refractivity contribution in [3.8, 4) is 0 Å². The fourth-order valence-corrected chi connectivity index (χ4v) is 6.03. The number of nitrogens with zero attached hydrogens (tertiary/aromatic N) is 2. The third-order valence-corrected chi connectivity index (χ3v) is 7.57. The van der Waals surface area contributed by atoms with Crippen LogP contribution in [0.3, 0.4) is 0 Å². The van der Waals surface area contributed by atoms with Crippen LogP contribution in [0, 0.1) is 13.8 Å². The first-order valence-electron chi connectivity index (χ1n) is 8.58. The molecule has 0 saturated carbocycles. The summed E-state index contributed by atoms with van der Waals surface area (Å²) in [7, 11) is -4.60. The first-order valence-corrected chi connectivity index (χ1v) is 12.2. The minimum Gasteiger partial charge on any atom is -0.743 e. The van der Waals surface area contributed by atoms with Crippen molar-refractivity contribution in [2.45, 2.75) is 24.6 Å². The molecule has 0 unspecified atom stereocenters. The number of aryl methyl sites for hydroxylation is 2. The molecule has 0 radical (unpaired) electrons. The Kier molecular flexibility index (Phi) is 5.35. The van der Waals surface area contributed by atoms with Gasteiger partial charge in [0.2, 0.25) is 5.88 Å². The minimum atomic E-state index is -4.60. The minimum absolute atomic E-state index is 0.149. The number of hydrogen-bond acceptors (Lipinski definition) is 8. The van der Waals surface area contributed by atoms with Crippen molar-refractivity contribution in [1.29, 1.82) is 0 Å². The molecular weight excluding hydrogens is 472 g/mol. The number of anilines is 1. The number of fused-ring (bicyclic) bond motifs is 2. The smallest absolute Gasteiger partial charge is 0.378 e. The molecule has 0 aliphatic carbocycles. The SMILES string of the molecule is Cc1sc2oc(C=C3Sc4ccc(Cl)cc4N3CC(=O)O)[n+](CS(=O)(=O)[O-])c2c1C. The van der Waals surface area contributed by atoms with Crippen LogP contribution in [0.1, 0.15) is 16.3 Å². The Morgan fingerprint density at radius 2 is 2.13 bits per heavy atom. The molecule has 3 heterocycles. The van der Waals surface area contributed by atoms with E-state index >= 15 is 0 Å². The highest BCUT2D eigenvalue weighted by Crippen LogP contribution is 2.47. The number of rotatable bonds is 5. The number of aliphatic carboxylic acids is 1. The summed E-state index contributed by atoms with van der Waals surface area (Å²) >= 11 is 8.73. The van der Waals surface area contributed by atoms with Crippen LogP contribution in [-0.4, -0.2) is 30.6 Å². The maximum atomic E-state index is 11.5. The number of oxazole rings is 1. The Bertz CT molecular complexity index is 1330. The predicted octanol–water partition coefficient (Wildman–Crippen LogP) is 3.55. The van der Waals surface area contributed by atoms with Crippen LogP contribution in [0.4, 0.5) is 5.69 Å². The molecule has 158 valence electrons. The Morgan fingerprint density at radius 1 is 1.40 bits per heavy atom. The molecule has 8 nitrogen and oxygen atoms in total. The molecule has 4 rings (SSSR count). The van der Waals surface area contributed by atoms with E-state index in [9.17, 15) is 22.9 Å². The molecular formula is C18H15ClN2O6S3. The molecule has 30 heavy (non-hydrogen) atoms. The molecule has 0 fully saturated rings. The van der Waals surface area contributed by atoms with E-state index in [0.29, 0.717) is 26.2 Å². The van der Waals surface area contributed by atoms with E-state index in [1.54, 1.807) is 29.2 Å². The van der Waals surface area contributed by atoms with Gasteiger partial charge in [-0.3, -0.25) is 4.79 Å². The lowest BCUT2D eigenvalue weighted by molar-refractivity contribution is -0.658. The van der Waals surface area contributed by atoms with E-state index in [4.69, 9.17) is 16.0 Å². The fourth-order valence-electron chi connectivity index (χ4n) is 3.21. The highest BCUT2D eigenvalue weighted by molar-refractivity contribution is 8.03. The summed E-state index contributed by atoms with van der Waals surface area (Å²) in [6, 6.07) is 5.15. The molecule has 0 bridgehead atoms. The summed E-state index contributed by atoms with van der Waals surface area (Å²) < 4.78 is 41.8. The molecule has 1 aromatic carbocycles. The van der Waals surface area contributed by atoms with Crippen molar-refractivity contribution in [3.05, 3.63) is 44.6 Å². The fraction of sp³-hybridized carbons (Fsp3) is 0.222. The zero-order valence-electron chi connectivity index (χ0n) is 15.7. The van der Waals surface area contributed by atoms with Crippen molar-refractivity contribution in [2.24, 2.45) is 0 Å². The van der Waals surface area contributed by atoms with Crippen LogP contribution in [0.15, 0.2) is 32.5 Å². The Labute approximate surface area is 185 Å². The molecule has 0 saturated heterocycles. The topological polar surface area (TPSA) is 115 Å². The van der Waals surface area contributed by atoms with Gasteiger partial charge < -0.3 is 19.0 Å². The van der Waals surface area contributed by atoms with E-state index in [-0.39, 0.29) is 12.4 Å². The molecule has 2 aromatic heterocycles. The Morgan fingerprint density at radius 3 is 2.80 bits per heavy atom. The van der Waals surface area contributed by atoms with Crippen molar-refractivity contribution in [1.82, 2.24) is 0 Å². The van der Waals surface area contributed by atoms with Gasteiger partial charge in [0.25, 0.3) is 10.4 Å². The highest BCUT2D eigenvalue weighted by atomic mass is 35.5. The average Bonchev–Trinajstić information content (AvgIpc) is 3.21. The normalized spacial score (nSPS) is 15.3. The van der Waals surface area contributed by atoms with E-state index < -0.39 is 22.0 Å². The van der Waals surface area contributed by atoms with Gasteiger partial charge in [-0.05, 0) is 32.0 Å². The van der Waals surface area contributed by atoms with Gasteiger partial charge in [-0.2, -0.15) is 0 Å². The van der Waals surface area contributed by atoms with Gasteiger partial charge >= 0.3 is 11.9 Å². The van der Waals surface area contributed by atoms with Gasteiger partial charge in [0.15, 0.2) is 10.1 Å². The molecule has 3 aromatic rings. The molecule has 1 aliphatic rings. The summed E-state index contributed by atoms with van der Waals surface area (Å²) in [5.41, 5.74) is 1.99. The molecule has 12 heteroatoms. The van der Waals surface area contributed by atoms with Crippen LogP contribution in [0.2, 0.25) is 5.02 Å². The number of carboxylic acids is 1. The lowest BCUT2D eigenvalue weighted by Crippen LogP contribution is -2.39. The third kappa shape index (κ3) is 3.95. The average molecular weight is 487 g/mol. The van der Waals surface area contributed by atoms with E-state index in [2.05, 4.69) is 0 Å². The summed E-state index contributed by atoms with van der Waals surface area (Å²) in [6.07, 6.45) is 1.55. The molecule has 1 N–H and O–H groups in total. The number of benzene rings is 1. The summed E-state index contributed by atoms with van der Waals surface area (Å²) in [4.78, 5) is 15.2. The monoisotopic (exact) mass is 486 g/mol. The Hall–Kier alpha value is -2.05. The van der Waals surface area contributed by atoms with Crippen molar-refractivity contribution in [2.75, 3.05) is 11.4 Å². The number of thiophene rings is 1. The van der Waals surface area contributed by atoms with Gasteiger partial charge in [-0.1, -0.05) is 34.7 Å². The quantitative estimate of drug-likeness (QED) is 0.430. The van der Waals surface area contributed by atoms with Crippen LogP contribution in [0.5, 0.6) is 0 Å². The van der Waals surface area contributed by atoms with E-state index in [1.165, 1.54) is 27.7 Å². The van der Waals surface area contributed by atoms with Crippen LogP contribution < -0.4 is 9.47 Å². The highest BCUT2D eigenvalue weighted by Gasteiger charge is 2.32. The van der Waals surface area contributed by atoms with Gasteiger partial charge in [-0.15, -0.1) is 4.57 Å². The largest absolute Gasteiger partial charge is 0.743 e. The summed E-state index contributed by atoms with van der Waals surface area (Å²) in [6.45, 7) is 3.39. The van der Waals surface area contributed by atoms with Crippen molar-refractivity contribution in [3.63, 3.8) is 0 Å². The van der Waals surface area contributed by atoms with Crippen molar-refractivity contribution >= 4 is 73.0 Å². The second-order valence-corrected chi connectivity index (χ2v) is 10.7. The first kappa shape index (κ1) is 21.2. The van der Waals surface area contributed by atoms with Crippen LogP contribution >= 0.6 is 34.7 Å². The standard InChI is InChI=1S/C18H15ClN2O6S3/c1-9-10(2)28-18-17(9)21(8-30(24,25)26)14(27-18)6-15-20(7-16(22)23)12-5-11(19)3-4-13(12)29-15/h3-6H,7-8H2,1-2H3,(H-,22,23,24,25,26). The number of carboxylic acid groups (broad SMARTS) is 1. The van der Waals surface area contributed by atoms with E-state index in [0.717, 1.165) is 15.3 Å². The number of carbonyl (C=O) groups is 1. The zero-order chi connectivity index (χ0) is 21.8. The number of halogens is 1. The lowest BCUT2D eigenvalue weighted by atomic mass is 10.3. The van der Waals surface area contributed by atoms with Gasteiger partial charge in [0, 0.05) is 20.4 Å². The van der Waals surface area contributed by atoms with Gasteiger partial charge in [0.05, 0.1) is 16.8 Å². The number of thioether (sulfide) groups is 1. The van der Waals surface area contributed by atoms with Crippen LogP contribution in [0.25, 0.3) is 16.5 Å². The first-order chi connectivity index (χ1) is 14.0. The zero-order valence-corrected chi connectivity index (χ0v) is 18.9. The maximum Gasteiger partial charge on any atom is 0.378 e. The third-order valence-electron chi connectivity index (χ3n) is 4.58. The lowest BCUT2D eigenvalue weighted by Gasteiger charge is -2.17. The molecule has 0 amide bonds. The van der Waals surface area contributed by atoms with Gasteiger partial charge in [-0.25, -0.2) is 8.42 Å². The number of hydrogen-bond donors (Lipinski definition) is 1. The van der Waals surface area contributed by atoms with E-state index in [1.807, 2.05) is 13.8 Å². The molecule has 0 atom stereocenters. The summed E-state index contributed by atoms with van der Waals surface area (Å²) in [5.74, 6) is -1.69. The maximum absolute atomic E-state index is 11.5. The summed E-state index contributed by atoms with van der Waals surface area (Å²) in [5, 5.41) is 10.3. The predicted molar refractivity (Wildman–Crippen MR) is 114 cm³/mol. The second kappa shape index (κ2) is 7.57. The van der Waals surface area contributed by atoms with Gasteiger partial charge in [0.1, 0.15) is 6.54 Å². The van der Waals surface area contributed by atoms with Crippen LogP contribution in [-0.2, 0) is 20.8 Å². The second-order valence-electron chi connectivity index (χ2n) is 6.65. The van der Waals surface area contributed by atoms with Crippen molar-refractivity contribution < 1.29 is 31.9 Å². The molecule has 0 spiro atoms. The molecule has 1 aliphatic heterocycles.